The monoisotopic (exact) mass is 307 g/mol. The van der Waals surface area contributed by atoms with Gasteiger partial charge in [-0.3, -0.25) is 0 Å². The van der Waals surface area contributed by atoms with Gasteiger partial charge in [0.2, 0.25) is 0 Å². The summed E-state index contributed by atoms with van der Waals surface area (Å²) >= 11 is 0. The van der Waals surface area contributed by atoms with Crippen molar-refractivity contribution in [1.29, 1.82) is 0 Å². The van der Waals surface area contributed by atoms with Crippen molar-refractivity contribution < 1.29 is 4.74 Å². The molecule has 1 heterocycles. The number of ether oxygens (including phenoxy) is 1. The molecule has 1 aliphatic heterocycles. The number of aryl methyl sites for hydroxylation is 1. The van der Waals surface area contributed by atoms with Crippen molar-refractivity contribution >= 4 is 0 Å². The Bertz CT molecular complexity index is 694. The van der Waals surface area contributed by atoms with E-state index in [2.05, 4.69) is 54.7 Å². The van der Waals surface area contributed by atoms with Crippen LogP contribution in [0.2, 0.25) is 0 Å². The minimum atomic E-state index is 0.598. The first-order chi connectivity index (χ1) is 11.3. The fourth-order valence-electron chi connectivity index (χ4n) is 4.71. The fraction of sp³-hybridized carbons (Fsp3) is 0.429. The highest BCUT2D eigenvalue weighted by atomic mass is 16.5. The second-order valence-electron chi connectivity index (χ2n) is 6.99. The normalized spacial score (nSPS) is 25.7. The first-order valence-corrected chi connectivity index (χ1v) is 8.71. The number of hydrogen-bond donors (Lipinski definition) is 1. The molecule has 23 heavy (non-hydrogen) atoms. The summed E-state index contributed by atoms with van der Waals surface area (Å²) in [4.78, 5) is 0. The van der Waals surface area contributed by atoms with Gasteiger partial charge < -0.3 is 10.1 Å². The van der Waals surface area contributed by atoms with Crippen LogP contribution in [0.3, 0.4) is 0 Å². The molecular formula is C21H25NO. The summed E-state index contributed by atoms with van der Waals surface area (Å²) in [7, 11) is 1.79. The van der Waals surface area contributed by atoms with Crippen LogP contribution in [0, 0.1) is 12.8 Å². The lowest BCUT2D eigenvalue weighted by molar-refractivity contribution is 0.358. The van der Waals surface area contributed by atoms with Gasteiger partial charge in [0.25, 0.3) is 0 Å². The first-order valence-electron chi connectivity index (χ1n) is 8.71. The van der Waals surface area contributed by atoms with Gasteiger partial charge >= 0.3 is 0 Å². The van der Waals surface area contributed by atoms with Gasteiger partial charge in [0.1, 0.15) is 5.75 Å². The molecule has 2 nitrogen and oxygen atoms in total. The summed E-state index contributed by atoms with van der Waals surface area (Å²) < 4.78 is 5.62. The maximum Gasteiger partial charge on any atom is 0.122 e. The summed E-state index contributed by atoms with van der Waals surface area (Å²) in [5, 5.41) is 3.81. The first kappa shape index (κ1) is 14.8. The van der Waals surface area contributed by atoms with E-state index in [0.29, 0.717) is 12.0 Å². The van der Waals surface area contributed by atoms with E-state index in [1.54, 1.807) is 12.7 Å². The van der Waals surface area contributed by atoms with E-state index < -0.39 is 0 Å². The summed E-state index contributed by atoms with van der Waals surface area (Å²) in [6.07, 6.45) is 3.55. The van der Waals surface area contributed by atoms with Crippen LogP contribution in [-0.2, 0) is 12.8 Å². The molecule has 4 rings (SSSR count). The van der Waals surface area contributed by atoms with Gasteiger partial charge in [0, 0.05) is 18.5 Å². The van der Waals surface area contributed by atoms with Crippen molar-refractivity contribution in [2.45, 2.75) is 38.1 Å². The molecule has 1 aliphatic carbocycles. The number of hydrogen-bond acceptors (Lipinski definition) is 2. The topological polar surface area (TPSA) is 21.3 Å². The number of rotatable bonds is 3. The highest BCUT2D eigenvalue weighted by molar-refractivity contribution is 5.49. The molecule has 0 saturated carbocycles. The molecule has 120 valence electrons. The minimum Gasteiger partial charge on any atom is -0.496 e. The molecule has 3 atom stereocenters. The van der Waals surface area contributed by atoms with Crippen LogP contribution in [-0.4, -0.2) is 19.7 Å². The highest BCUT2D eigenvalue weighted by Gasteiger charge is 2.41. The lowest BCUT2D eigenvalue weighted by Crippen LogP contribution is -2.31. The summed E-state index contributed by atoms with van der Waals surface area (Å²) in [5.41, 5.74) is 5.89. The van der Waals surface area contributed by atoms with Gasteiger partial charge in [-0.1, -0.05) is 36.4 Å². The molecule has 0 amide bonds. The molecule has 1 saturated heterocycles. The predicted octanol–water partition coefficient (Wildman–Crippen LogP) is 3.86. The maximum absolute atomic E-state index is 5.62. The number of nitrogens with one attached hydrogen (secondary N) is 1. The predicted molar refractivity (Wildman–Crippen MR) is 94.2 cm³/mol. The molecule has 0 bridgehead atoms. The lowest BCUT2D eigenvalue weighted by atomic mass is 9.72. The second kappa shape index (κ2) is 6.01. The molecule has 0 spiro atoms. The Balaban J connectivity index is 1.62. The SMILES string of the molecule is COc1ccc(C)c2c1CCC1[C@@H]2CN[C@@H]1Cc1ccccc1. The van der Waals surface area contributed by atoms with Crippen LogP contribution in [0.5, 0.6) is 5.75 Å². The molecule has 1 N–H and O–H groups in total. The second-order valence-corrected chi connectivity index (χ2v) is 6.99. The van der Waals surface area contributed by atoms with Crippen LogP contribution < -0.4 is 10.1 Å². The zero-order chi connectivity index (χ0) is 15.8. The molecule has 2 aromatic carbocycles. The van der Waals surface area contributed by atoms with Crippen LogP contribution >= 0.6 is 0 Å². The number of methoxy groups -OCH3 is 1. The van der Waals surface area contributed by atoms with E-state index in [4.69, 9.17) is 4.74 Å². The van der Waals surface area contributed by atoms with Crippen LogP contribution in [0.1, 0.15) is 34.6 Å². The van der Waals surface area contributed by atoms with Crippen molar-refractivity contribution in [3.05, 3.63) is 64.7 Å². The third-order valence-electron chi connectivity index (χ3n) is 5.78. The van der Waals surface area contributed by atoms with Crippen molar-refractivity contribution in [3.8, 4) is 5.75 Å². The van der Waals surface area contributed by atoms with E-state index in [9.17, 15) is 0 Å². The largest absolute Gasteiger partial charge is 0.496 e. The molecule has 0 radical (unpaired) electrons. The molecular weight excluding hydrogens is 282 g/mol. The van der Waals surface area contributed by atoms with Crippen molar-refractivity contribution in [2.75, 3.05) is 13.7 Å². The average molecular weight is 307 g/mol. The van der Waals surface area contributed by atoms with E-state index in [-0.39, 0.29) is 0 Å². The summed E-state index contributed by atoms with van der Waals surface area (Å²) in [5.74, 6) is 2.46. The highest BCUT2D eigenvalue weighted by Crippen LogP contribution is 2.45. The summed E-state index contributed by atoms with van der Waals surface area (Å²) in [6, 6.07) is 15.9. The number of benzene rings is 2. The van der Waals surface area contributed by atoms with Gasteiger partial charge in [-0.25, -0.2) is 0 Å². The van der Waals surface area contributed by atoms with E-state index in [1.165, 1.54) is 23.1 Å². The molecule has 2 aromatic rings. The van der Waals surface area contributed by atoms with Crippen molar-refractivity contribution in [3.63, 3.8) is 0 Å². The van der Waals surface area contributed by atoms with Crippen molar-refractivity contribution in [2.24, 2.45) is 5.92 Å². The Morgan fingerprint density at radius 2 is 1.96 bits per heavy atom. The molecule has 2 heteroatoms. The van der Waals surface area contributed by atoms with Crippen LogP contribution in [0.25, 0.3) is 0 Å². The van der Waals surface area contributed by atoms with Crippen LogP contribution in [0.15, 0.2) is 42.5 Å². The van der Waals surface area contributed by atoms with Gasteiger partial charge in [0.05, 0.1) is 7.11 Å². The third kappa shape index (κ3) is 2.55. The Morgan fingerprint density at radius 3 is 2.74 bits per heavy atom. The Hall–Kier alpha value is -1.80. The smallest absolute Gasteiger partial charge is 0.122 e. The fourth-order valence-corrected chi connectivity index (χ4v) is 4.71. The summed E-state index contributed by atoms with van der Waals surface area (Å²) in [6.45, 7) is 3.36. The molecule has 1 fully saturated rings. The Kier molecular flexibility index (Phi) is 3.86. The molecule has 2 aliphatic rings. The third-order valence-corrected chi connectivity index (χ3v) is 5.78. The zero-order valence-corrected chi connectivity index (χ0v) is 14.0. The van der Waals surface area contributed by atoms with Gasteiger partial charge in [-0.05, 0) is 60.4 Å². The molecule has 1 unspecified atom stereocenters. The van der Waals surface area contributed by atoms with Gasteiger partial charge in [-0.15, -0.1) is 0 Å². The van der Waals surface area contributed by atoms with E-state index in [1.807, 2.05) is 0 Å². The lowest BCUT2D eigenvalue weighted by Gasteiger charge is -2.33. The Morgan fingerprint density at radius 1 is 1.13 bits per heavy atom. The molecule has 0 aromatic heterocycles. The average Bonchev–Trinajstić information content (AvgIpc) is 2.99. The van der Waals surface area contributed by atoms with E-state index in [0.717, 1.165) is 31.1 Å². The zero-order valence-electron chi connectivity index (χ0n) is 14.0. The van der Waals surface area contributed by atoms with Gasteiger partial charge in [0.15, 0.2) is 0 Å². The standard InChI is InChI=1S/C21H25NO/c1-14-8-11-20(23-2)17-10-9-16-18(21(14)17)13-22-19(16)12-15-6-4-3-5-7-15/h3-8,11,16,18-19,22H,9-10,12-13H2,1-2H3/t16?,18-,19+/m0/s1. The Labute approximate surface area is 138 Å². The maximum atomic E-state index is 5.62. The van der Waals surface area contributed by atoms with Crippen LogP contribution in [0.4, 0.5) is 0 Å². The minimum absolute atomic E-state index is 0.598. The van der Waals surface area contributed by atoms with Crippen molar-refractivity contribution in [1.82, 2.24) is 5.32 Å². The quantitative estimate of drug-likeness (QED) is 0.929. The van der Waals surface area contributed by atoms with E-state index >= 15 is 0 Å². The van der Waals surface area contributed by atoms with Gasteiger partial charge in [-0.2, -0.15) is 0 Å². The number of fused-ring (bicyclic) bond motifs is 3.